The average Bonchev–Trinajstić information content (AvgIpc) is 3.02. The molecule has 0 bridgehead atoms. The van der Waals surface area contributed by atoms with Gasteiger partial charge in [0.25, 0.3) is 0 Å². The zero-order chi connectivity index (χ0) is 27.9. The van der Waals surface area contributed by atoms with E-state index in [4.69, 9.17) is 19.9 Å². The number of rotatable bonds is 9. The number of nitrogens with zero attached hydrogens (tertiary/aromatic N) is 5. The summed E-state index contributed by atoms with van der Waals surface area (Å²) in [6.45, 7) is 8.04. The zero-order valence-electron chi connectivity index (χ0n) is 23.2. The summed E-state index contributed by atoms with van der Waals surface area (Å²) in [4.78, 5) is 14.0. The molecule has 3 aromatic rings. The van der Waals surface area contributed by atoms with E-state index in [1.807, 2.05) is 25.1 Å². The number of hydrogen-bond acceptors (Lipinski definition) is 10. The normalized spacial score (nSPS) is 17.2. The topological polar surface area (TPSA) is 122 Å². The molecule has 0 radical (unpaired) electrons. The van der Waals surface area contributed by atoms with Crippen LogP contribution in [-0.4, -0.2) is 80.1 Å². The third-order valence-corrected chi connectivity index (χ3v) is 7.57. The van der Waals surface area contributed by atoms with Crippen LogP contribution in [0.15, 0.2) is 48.8 Å². The van der Waals surface area contributed by atoms with Gasteiger partial charge in [0.2, 0.25) is 5.95 Å². The number of methoxy groups -OCH3 is 1. The van der Waals surface area contributed by atoms with Gasteiger partial charge in [-0.3, -0.25) is 4.90 Å². The molecular weight excluding hydrogens is 506 g/mol. The molecule has 3 N–H and O–H groups in total. The molecule has 2 aliphatic heterocycles. The standard InChI is InChI=1S/C30H37N7O3/c1-21(17-31)40-28-15-22(3-4-23(28)18-32)24-19-33-30(34-20-24)35-27-6-5-26(16-29(27)38-2)36-9-7-25(8-10-36)37-11-13-39-14-12-37/h3-6,15-16,19-21,25H,7-14,17,31H2,1-2H3,(H,33,34,35). The zero-order valence-corrected chi connectivity index (χ0v) is 23.2. The average molecular weight is 544 g/mol. The van der Waals surface area contributed by atoms with Crippen LogP contribution in [0, 0.1) is 11.3 Å². The van der Waals surface area contributed by atoms with Crippen LogP contribution >= 0.6 is 0 Å². The van der Waals surface area contributed by atoms with Crippen LogP contribution in [0.4, 0.5) is 17.3 Å². The van der Waals surface area contributed by atoms with Crippen LogP contribution in [0.2, 0.25) is 0 Å². The van der Waals surface area contributed by atoms with Crippen LogP contribution in [0.3, 0.4) is 0 Å². The molecule has 10 nitrogen and oxygen atoms in total. The molecule has 0 aliphatic carbocycles. The SMILES string of the molecule is COc1cc(N2CCC(N3CCOCC3)CC2)ccc1Nc1ncc(-c2ccc(C#N)c(OC(C)CN)c2)cn1. The molecule has 0 spiro atoms. The van der Waals surface area contributed by atoms with E-state index in [9.17, 15) is 5.26 Å². The third-order valence-electron chi connectivity index (χ3n) is 7.57. The Bertz CT molecular complexity index is 1310. The molecule has 1 unspecified atom stereocenters. The first kappa shape index (κ1) is 27.6. The summed E-state index contributed by atoms with van der Waals surface area (Å²) in [5.74, 6) is 1.70. The van der Waals surface area contributed by atoms with Crippen molar-refractivity contribution >= 4 is 17.3 Å². The van der Waals surface area contributed by atoms with Gasteiger partial charge in [0.05, 0.1) is 31.6 Å². The molecule has 5 rings (SSSR count). The molecule has 0 amide bonds. The summed E-state index contributed by atoms with van der Waals surface area (Å²) in [5.41, 5.74) is 9.76. The second-order valence-corrected chi connectivity index (χ2v) is 10.2. The summed E-state index contributed by atoms with van der Waals surface area (Å²) >= 11 is 0. The lowest BCUT2D eigenvalue weighted by molar-refractivity contribution is 0.0115. The Hall–Kier alpha value is -3.91. The van der Waals surface area contributed by atoms with E-state index in [1.54, 1.807) is 25.6 Å². The van der Waals surface area contributed by atoms with Crippen molar-refractivity contribution in [2.45, 2.75) is 31.9 Å². The Morgan fingerprint density at radius 1 is 1.05 bits per heavy atom. The number of aromatic nitrogens is 2. The Morgan fingerprint density at radius 2 is 1.80 bits per heavy atom. The van der Waals surface area contributed by atoms with Gasteiger partial charge in [-0.25, -0.2) is 9.97 Å². The van der Waals surface area contributed by atoms with Crippen molar-refractivity contribution in [1.29, 1.82) is 5.26 Å². The molecule has 40 heavy (non-hydrogen) atoms. The first-order valence-electron chi connectivity index (χ1n) is 13.8. The van der Waals surface area contributed by atoms with Gasteiger partial charge in [-0.1, -0.05) is 6.07 Å². The van der Waals surface area contributed by atoms with Crippen molar-refractivity contribution in [3.8, 4) is 28.7 Å². The van der Waals surface area contributed by atoms with Gasteiger partial charge in [-0.05, 0) is 49.6 Å². The first-order chi connectivity index (χ1) is 19.6. The number of hydrogen-bond donors (Lipinski definition) is 2. The predicted octanol–water partition coefficient (Wildman–Crippen LogP) is 3.79. The Kier molecular flexibility index (Phi) is 8.96. The Balaban J connectivity index is 1.24. The van der Waals surface area contributed by atoms with Gasteiger partial charge < -0.3 is 30.2 Å². The summed E-state index contributed by atoms with van der Waals surface area (Å²) in [5, 5.41) is 12.7. The van der Waals surface area contributed by atoms with Crippen molar-refractivity contribution in [2.24, 2.45) is 5.73 Å². The monoisotopic (exact) mass is 543 g/mol. The summed E-state index contributed by atoms with van der Waals surface area (Å²) in [7, 11) is 1.68. The quantitative estimate of drug-likeness (QED) is 0.412. The number of morpholine rings is 1. The van der Waals surface area contributed by atoms with Crippen LogP contribution < -0.4 is 25.4 Å². The largest absolute Gasteiger partial charge is 0.494 e. The highest BCUT2D eigenvalue weighted by atomic mass is 16.5. The van der Waals surface area contributed by atoms with Crippen LogP contribution in [0.5, 0.6) is 11.5 Å². The maximum absolute atomic E-state index is 9.42. The summed E-state index contributed by atoms with van der Waals surface area (Å²) < 4.78 is 17.1. The fourth-order valence-electron chi connectivity index (χ4n) is 5.23. The highest BCUT2D eigenvalue weighted by Crippen LogP contribution is 2.33. The molecule has 10 heteroatoms. The molecular formula is C30H37N7O3. The van der Waals surface area contributed by atoms with Crippen molar-refractivity contribution in [1.82, 2.24) is 14.9 Å². The number of anilines is 3. The number of benzene rings is 2. The molecule has 3 heterocycles. The van der Waals surface area contributed by atoms with E-state index in [0.717, 1.165) is 80.5 Å². The number of piperidine rings is 1. The van der Waals surface area contributed by atoms with Crippen molar-refractivity contribution in [3.63, 3.8) is 0 Å². The van der Waals surface area contributed by atoms with E-state index in [1.165, 1.54) is 0 Å². The Morgan fingerprint density at radius 3 is 2.48 bits per heavy atom. The number of nitriles is 1. The van der Waals surface area contributed by atoms with Crippen molar-refractivity contribution in [3.05, 3.63) is 54.4 Å². The molecule has 1 atom stereocenters. The van der Waals surface area contributed by atoms with Crippen molar-refractivity contribution < 1.29 is 14.2 Å². The van der Waals surface area contributed by atoms with Crippen LogP contribution in [0.25, 0.3) is 11.1 Å². The van der Waals surface area contributed by atoms with Gasteiger partial charge in [-0.15, -0.1) is 0 Å². The molecule has 210 valence electrons. The van der Waals surface area contributed by atoms with E-state index in [0.29, 0.717) is 29.8 Å². The predicted molar refractivity (Wildman–Crippen MR) is 155 cm³/mol. The van der Waals surface area contributed by atoms with E-state index < -0.39 is 0 Å². The van der Waals surface area contributed by atoms with E-state index in [2.05, 4.69) is 43.3 Å². The van der Waals surface area contributed by atoms with E-state index >= 15 is 0 Å². The van der Waals surface area contributed by atoms with E-state index in [-0.39, 0.29) is 6.10 Å². The molecule has 1 aromatic heterocycles. The second-order valence-electron chi connectivity index (χ2n) is 10.2. The fraction of sp³-hybridized carbons (Fsp3) is 0.433. The van der Waals surface area contributed by atoms with Crippen LogP contribution in [-0.2, 0) is 4.74 Å². The minimum atomic E-state index is -0.200. The van der Waals surface area contributed by atoms with Gasteiger partial charge in [0.1, 0.15) is 23.7 Å². The van der Waals surface area contributed by atoms with Gasteiger partial charge in [0.15, 0.2) is 0 Å². The molecule has 2 aliphatic rings. The summed E-state index contributed by atoms with van der Waals surface area (Å²) in [6.07, 6.45) is 5.59. The van der Waals surface area contributed by atoms with Gasteiger partial charge in [0, 0.05) is 68.5 Å². The van der Waals surface area contributed by atoms with Crippen molar-refractivity contribution in [2.75, 3.05) is 63.3 Å². The second kappa shape index (κ2) is 13.0. The highest BCUT2D eigenvalue weighted by Gasteiger charge is 2.26. The minimum absolute atomic E-state index is 0.200. The third kappa shape index (κ3) is 6.45. The summed E-state index contributed by atoms with van der Waals surface area (Å²) in [6, 6.07) is 14.4. The fourth-order valence-corrected chi connectivity index (χ4v) is 5.23. The lowest BCUT2D eigenvalue weighted by Gasteiger charge is -2.40. The molecule has 2 aromatic carbocycles. The lowest BCUT2D eigenvalue weighted by Crippen LogP contribution is -2.49. The smallest absolute Gasteiger partial charge is 0.227 e. The highest BCUT2D eigenvalue weighted by molar-refractivity contribution is 5.70. The van der Waals surface area contributed by atoms with Gasteiger partial charge in [-0.2, -0.15) is 5.26 Å². The maximum Gasteiger partial charge on any atom is 0.227 e. The lowest BCUT2D eigenvalue weighted by atomic mass is 10.0. The van der Waals surface area contributed by atoms with Gasteiger partial charge >= 0.3 is 0 Å². The number of nitrogens with one attached hydrogen (secondary N) is 1. The minimum Gasteiger partial charge on any atom is -0.494 e. The number of nitrogens with two attached hydrogens (primary N) is 1. The first-order valence-corrected chi connectivity index (χ1v) is 13.8. The number of ether oxygens (including phenoxy) is 3. The van der Waals surface area contributed by atoms with Crippen LogP contribution in [0.1, 0.15) is 25.3 Å². The molecule has 2 saturated heterocycles. The Labute approximate surface area is 235 Å². The molecule has 0 saturated carbocycles. The maximum atomic E-state index is 9.42. The molecule has 2 fully saturated rings.